The monoisotopic (exact) mass is 197 g/mol. The van der Waals surface area contributed by atoms with Gasteiger partial charge in [-0.1, -0.05) is 6.07 Å². The Morgan fingerprint density at radius 3 is 2.79 bits per heavy atom. The van der Waals surface area contributed by atoms with Gasteiger partial charge in [-0.3, -0.25) is 0 Å². The molecule has 0 unspecified atom stereocenters. The van der Waals surface area contributed by atoms with Crippen LogP contribution in [0.2, 0.25) is 0 Å². The van der Waals surface area contributed by atoms with E-state index in [2.05, 4.69) is 5.32 Å². The normalized spacial score (nSPS) is 12.9. The number of aryl methyl sites for hydroxylation is 1. The molecule has 0 aliphatic rings. The summed E-state index contributed by atoms with van der Waals surface area (Å²) in [5, 5.41) is 11.9. The molecule has 1 aromatic rings. The van der Waals surface area contributed by atoms with Crippen LogP contribution in [0, 0.1) is 12.7 Å². The highest BCUT2D eigenvalue weighted by atomic mass is 19.1. The van der Waals surface area contributed by atoms with Crippen molar-refractivity contribution < 1.29 is 9.50 Å². The van der Waals surface area contributed by atoms with Crippen molar-refractivity contribution in [3.05, 3.63) is 35.1 Å². The van der Waals surface area contributed by atoms with Crippen LogP contribution in [0.25, 0.3) is 0 Å². The zero-order chi connectivity index (χ0) is 10.6. The summed E-state index contributed by atoms with van der Waals surface area (Å²) in [5.74, 6) is -0.207. The molecule has 3 heteroatoms. The Morgan fingerprint density at radius 2 is 2.21 bits per heavy atom. The van der Waals surface area contributed by atoms with Crippen LogP contribution in [-0.4, -0.2) is 17.8 Å². The van der Waals surface area contributed by atoms with Crippen LogP contribution in [0.5, 0.6) is 0 Å². The molecule has 1 atom stereocenters. The molecule has 14 heavy (non-hydrogen) atoms. The fraction of sp³-hybridized carbons (Fsp3) is 0.455. The Hall–Kier alpha value is -0.930. The molecule has 0 aliphatic carbocycles. The van der Waals surface area contributed by atoms with Crippen molar-refractivity contribution in [3.63, 3.8) is 0 Å². The molecule has 0 aromatic heterocycles. The lowest BCUT2D eigenvalue weighted by Gasteiger charge is -2.12. The van der Waals surface area contributed by atoms with Crippen LogP contribution in [-0.2, 0) is 6.54 Å². The molecule has 0 radical (unpaired) electrons. The second kappa shape index (κ2) is 5.08. The lowest BCUT2D eigenvalue weighted by Crippen LogP contribution is -2.28. The van der Waals surface area contributed by atoms with Crippen molar-refractivity contribution in [1.29, 1.82) is 0 Å². The predicted molar refractivity (Wildman–Crippen MR) is 54.5 cm³/mol. The lowest BCUT2D eigenvalue weighted by atomic mass is 10.1. The quantitative estimate of drug-likeness (QED) is 0.768. The van der Waals surface area contributed by atoms with Gasteiger partial charge in [-0.2, -0.15) is 0 Å². The minimum absolute atomic E-state index is 0.0689. The number of nitrogens with one attached hydrogen (secondary N) is 1. The summed E-state index contributed by atoms with van der Waals surface area (Å²) in [6.45, 7) is 4.55. The molecule has 0 fully saturated rings. The molecular weight excluding hydrogens is 181 g/mol. The van der Waals surface area contributed by atoms with E-state index in [0.29, 0.717) is 6.54 Å². The maximum Gasteiger partial charge on any atom is 0.123 e. The summed E-state index contributed by atoms with van der Waals surface area (Å²) in [7, 11) is 0. The van der Waals surface area contributed by atoms with Gasteiger partial charge in [0.15, 0.2) is 0 Å². The zero-order valence-corrected chi connectivity index (χ0v) is 8.55. The van der Waals surface area contributed by atoms with Gasteiger partial charge in [0.05, 0.1) is 6.61 Å². The van der Waals surface area contributed by atoms with Gasteiger partial charge in [0, 0.05) is 12.6 Å². The van der Waals surface area contributed by atoms with Crippen molar-refractivity contribution in [2.75, 3.05) is 6.61 Å². The summed E-state index contributed by atoms with van der Waals surface area (Å²) in [5.41, 5.74) is 1.99. The Balaban J connectivity index is 2.59. The van der Waals surface area contributed by atoms with E-state index in [-0.39, 0.29) is 18.5 Å². The standard InChI is InChI=1S/C11H16FNO/c1-8-5-11(12)4-3-10(8)6-13-9(2)7-14/h3-5,9,13-14H,6-7H2,1-2H3/t9-/m1/s1. The van der Waals surface area contributed by atoms with E-state index in [1.165, 1.54) is 12.1 Å². The Labute approximate surface area is 83.8 Å². The van der Waals surface area contributed by atoms with Crippen LogP contribution in [0.1, 0.15) is 18.1 Å². The zero-order valence-electron chi connectivity index (χ0n) is 8.55. The topological polar surface area (TPSA) is 32.3 Å². The first-order valence-electron chi connectivity index (χ1n) is 4.72. The average molecular weight is 197 g/mol. The third kappa shape index (κ3) is 3.09. The van der Waals surface area contributed by atoms with E-state index >= 15 is 0 Å². The SMILES string of the molecule is Cc1cc(F)ccc1CN[C@H](C)CO. The first-order valence-corrected chi connectivity index (χ1v) is 4.72. The number of hydrogen-bond donors (Lipinski definition) is 2. The Bertz CT molecular complexity index is 301. The van der Waals surface area contributed by atoms with Crippen molar-refractivity contribution in [3.8, 4) is 0 Å². The molecule has 1 aromatic carbocycles. The first kappa shape index (κ1) is 11.1. The van der Waals surface area contributed by atoms with Crippen molar-refractivity contribution in [1.82, 2.24) is 5.32 Å². The fourth-order valence-electron chi connectivity index (χ4n) is 1.21. The van der Waals surface area contributed by atoms with Gasteiger partial charge in [-0.25, -0.2) is 4.39 Å². The highest BCUT2D eigenvalue weighted by molar-refractivity contribution is 5.26. The maximum absolute atomic E-state index is 12.8. The van der Waals surface area contributed by atoms with Gasteiger partial charge in [-0.15, -0.1) is 0 Å². The van der Waals surface area contributed by atoms with Crippen LogP contribution in [0.3, 0.4) is 0 Å². The number of hydrogen-bond acceptors (Lipinski definition) is 2. The number of halogens is 1. The Kier molecular flexibility index (Phi) is 4.04. The van der Waals surface area contributed by atoms with E-state index in [9.17, 15) is 4.39 Å². The van der Waals surface area contributed by atoms with E-state index < -0.39 is 0 Å². The average Bonchev–Trinajstić information content (AvgIpc) is 2.16. The third-order valence-electron chi connectivity index (χ3n) is 2.22. The van der Waals surface area contributed by atoms with E-state index in [1.54, 1.807) is 6.07 Å². The lowest BCUT2D eigenvalue weighted by molar-refractivity contribution is 0.251. The first-order chi connectivity index (χ1) is 6.63. The summed E-state index contributed by atoms with van der Waals surface area (Å²) in [6, 6.07) is 4.80. The molecule has 0 aliphatic heterocycles. The largest absolute Gasteiger partial charge is 0.395 e. The molecule has 0 saturated carbocycles. The molecule has 78 valence electrons. The van der Waals surface area contributed by atoms with E-state index in [1.807, 2.05) is 13.8 Å². The molecule has 0 spiro atoms. The van der Waals surface area contributed by atoms with Crippen LogP contribution >= 0.6 is 0 Å². The van der Waals surface area contributed by atoms with Crippen molar-refractivity contribution in [2.45, 2.75) is 26.4 Å². The fourth-order valence-corrected chi connectivity index (χ4v) is 1.21. The molecule has 0 amide bonds. The smallest absolute Gasteiger partial charge is 0.123 e. The maximum atomic E-state index is 12.8. The molecule has 2 N–H and O–H groups in total. The molecule has 1 rings (SSSR count). The highest BCUT2D eigenvalue weighted by Gasteiger charge is 2.02. The van der Waals surface area contributed by atoms with Gasteiger partial charge >= 0.3 is 0 Å². The highest BCUT2D eigenvalue weighted by Crippen LogP contribution is 2.09. The van der Waals surface area contributed by atoms with E-state index in [0.717, 1.165) is 11.1 Å². The summed E-state index contributed by atoms with van der Waals surface area (Å²) >= 11 is 0. The molecule has 0 bridgehead atoms. The van der Waals surface area contributed by atoms with E-state index in [4.69, 9.17) is 5.11 Å². The number of benzene rings is 1. The second-order valence-electron chi connectivity index (χ2n) is 3.54. The molecule has 0 heterocycles. The second-order valence-corrected chi connectivity index (χ2v) is 3.54. The Morgan fingerprint density at radius 1 is 1.50 bits per heavy atom. The minimum atomic E-state index is -0.207. The number of aliphatic hydroxyl groups excluding tert-OH is 1. The third-order valence-corrected chi connectivity index (χ3v) is 2.22. The number of rotatable bonds is 4. The van der Waals surface area contributed by atoms with Gasteiger partial charge in [0.2, 0.25) is 0 Å². The number of aliphatic hydroxyl groups is 1. The molecular formula is C11H16FNO. The molecule has 2 nitrogen and oxygen atoms in total. The van der Waals surface area contributed by atoms with Crippen LogP contribution in [0.15, 0.2) is 18.2 Å². The van der Waals surface area contributed by atoms with Crippen LogP contribution < -0.4 is 5.32 Å². The van der Waals surface area contributed by atoms with Gasteiger partial charge in [0.25, 0.3) is 0 Å². The van der Waals surface area contributed by atoms with Gasteiger partial charge in [-0.05, 0) is 37.1 Å². The van der Waals surface area contributed by atoms with Gasteiger partial charge < -0.3 is 10.4 Å². The molecule has 0 saturated heterocycles. The van der Waals surface area contributed by atoms with Gasteiger partial charge in [0.1, 0.15) is 5.82 Å². The van der Waals surface area contributed by atoms with Crippen LogP contribution in [0.4, 0.5) is 4.39 Å². The van der Waals surface area contributed by atoms with Crippen molar-refractivity contribution >= 4 is 0 Å². The summed E-state index contributed by atoms with van der Waals surface area (Å²) < 4.78 is 12.8. The minimum Gasteiger partial charge on any atom is -0.395 e. The van der Waals surface area contributed by atoms with Crippen molar-refractivity contribution in [2.24, 2.45) is 0 Å². The predicted octanol–water partition coefficient (Wildman–Crippen LogP) is 1.60. The summed E-state index contributed by atoms with van der Waals surface area (Å²) in [4.78, 5) is 0. The summed E-state index contributed by atoms with van der Waals surface area (Å²) in [6.07, 6.45) is 0.